The highest BCUT2D eigenvalue weighted by Gasteiger charge is 2.44. The lowest BCUT2D eigenvalue weighted by Gasteiger charge is -2.19. The fraction of sp³-hybridized carbons (Fsp3) is 0.235. The zero-order chi connectivity index (χ0) is 18.9. The molecule has 27 heavy (non-hydrogen) atoms. The Kier molecular flexibility index (Phi) is 3.39. The van der Waals surface area contributed by atoms with E-state index in [1.165, 1.54) is 10.6 Å². The van der Waals surface area contributed by atoms with E-state index >= 15 is 0 Å². The van der Waals surface area contributed by atoms with Crippen LogP contribution in [0.1, 0.15) is 45.6 Å². The van der Waals surface area contributed by atoms with E-state index in [-0.39, 0.29) is 16.3 Å². The number of hydrogen-bond donors (Lipinski definition) is 1. The molecule has 0 saturated carbocycles. The molecule has 0 spiro atoms. The molecule has 1 aliphatic heterocycles. The summed E-state index contributed by atoms with van der Waals surface area (Å²) in [4.78, 5) is 16.8. The van der Waals surface area contributed by atoms with Crippen molar-refractivity contribution in [2.24, 2.45) is 0 Å². The van der Waals surface area contributed by atoms with E-state index in [2.05, 4.69) is 20.1 Å². The second-order valence-corrected chi connectivity index (χ2v) is 6.74. The number of hydrogen-bond acceptors (Lipinski definition) is 4. The van der Waals surface area contributed by atoms with Gasteiger partial charge in [0.2, 0.25) is 0 Å². The minimum absolute atomic E-state index is 0.0747. The van der Waals surface area contributed by atoms with Gasteiger partial charge in [-0.2, -0.15) is 13.9 Å². The van der Waals surface area contributed by atoms with Gasteiger partial charge in [0.25, 0.3) is 5.91 Å². The number of rotatable bonds is 2. The second kappa shape index (κ2) is 5.59. The van der Waals surface area contributed by atoms with E-state index in [0.29, 0.717) is 23.3 Å². The highest BCUT2D eigenvalue weighted by Crippen LogP contribution is 2.51. The van der Waals surface area contributed by atoms with Crippen LogP contribution in [0.4, 0.5) is 13.2 Å². The van der Waals surface area contributed by atoms with E-state index in [1.807, 2.05) is 0 Å². The third-order valence-corrected chi connectivity index (χ3v) is 5.13. The lowest BCUT2D eigenvalue weighted by molar-refractivity contribution is -0.0529. The van der Waals surface area contributed by atoms with Crippen LogP contribution in [0.15, 0.2) is 24.4 Å². The summed E-state index contributed by atoms with van der Waals surface area (Å²) in [6, 6.07) is 3.32. The molecule has 0 saturated heterocycles. The molecule has 6 nitrogen and oxygen atoms in total. The molecule has 2 aliphatic rings. The number of fused-ring (bicyclic) bond motifs is 9. The summed E-state index contributed by atoms with van der Waals surface area (Å²) < 4.78 is 46.1. The largest absolute Gasteiger partial charge is 0.431 e. The van der Waals surface area contributed by atoms with Crippen molar-refractivity contribution in [3.63, 3.8) is 0 Å². The third-order valence-electron chi connectivity index (χ3n) is 4.92. The van der Waals surface area contributed by atoms with Crippen LogP contribution in [0.25, 0.3) is 5.65 Å². The zero-order valence-electron chi connectivity index (χ0n) is 13.4. The van der Waals surface area contributed by atoms with Gasteiger partial charge >= 0.3 is 6.61 Å². The van der Waals surface area contributed by atoms with Crippen molar-refractivity contribution in [1.29, 1.82) is 0 Å². The number of amides is 1. The maximum Gasteiger partial charge on any atom is 0.387 e. The molecule has 1 aliphatic carbocycles. The molecule has 5 rings (SSSR count). The average Bonchev–Trinajstić information content (AvgIpc) is 3.09. The summed E-state index contributed by atoms with van der Waals surface area (Å²) >= 11 is 6.00. The number of halogens is 4. The lowest BCUT2D eigenvalue weighted by Crippen LogP contribution is -2.27. The van der Waals surface area contributed by atoms with Crippen LogP contribution in [0.3, 0.4) is 0 Å². The highest BCUT2D eigenvalue weighted by atomic mass is 35.5. The van der Waals surface area contributed by atoms with Crippen molar-refractivity contribution >= 4 is 23.2 Å². The van der Waals surface area contributed by atoms with Gasteiger partial charge in [0.05, 0.1) is 11.7 Å². The van der Waals surface area contributed by atoms with Gasteiger partial charge in [-0.1, -0.05) is 11.6 Å². The van der Waals surface area contributed by atoms with E-state index in [9.17, 15) is 18.0 Å². The standard InChI is InChI=1S/C17H10ClF3N4O2/c18-10-3-4-25-15(23-10)12-7-5-9(13(12)24-25)22-16(26)6-1-2-8(19)14(11(6)7)27-17(20)21/h1-4,7,9,17H,5H2,(H,22,26)/t7-,9-/m1/s1. The molecule has 138 valence electrons. The summed E-state index contributed by atoms with van der Waals surface area (Å²) in [6.07, 6.45) is 1.95. The Hall–Kier alpha value is -2.81. The molecule has 1 aromatic carbocycles. The zero-order valence-corrected chi connectivity index (χ0v) is 14.2. The fourth-order valence-electron chi connectivity index (χ4n) is 3.95. The van der Waals surface area contributed by atoms with Crippen molar-refractivity contribution in [2.45, 2.75) is 25.0 Å². The number of alkyl halides is 2. The SMILES string of the molecule is O=C1N[C@@H]2C[C@H](c3c1ccc(F)c3OC(F)F)c1c2nn2ccc(Cl)nc12. The first-order valence-corrected chi connectivity index (χ1v) is 8.44. The lowest BCUT2D eigenvalue weighted by atomic mass is 9.89. The Labute approximate surface area is 154 Å². The topological polar surface area (TPSA) is 68.5 Å². The van der Waals surface area contributed by atoms with E-state index < -0.39 is 36.0 Å². The molecule has 3 aromatic rings. The van der Waals surface area contributed by atoms with Crippen molar-refractivity contribution in [1.82, 2.24) is 19.9 Å². The number of aromatic nitrogens is 3. The van der Waals surface area contributed by atoms with Gasteiger partial charge in [-0.05, 0) is 24.6 Å². The van der Waals surface area contributed by atoms with Crippen molar-refractivity contribution in [3.05, 3.63) is 57.8 Å². The number of nitrogens with one attached hydrogen (secondary N) is 1. The Morgan fingerprint density at radius 2 is 2.11 bits per heavy atom. The first kappa shape index (κ1) is 16.4. The van der Waals surface area contributed by atoms with Crippen LogP contribution in [0.5, 0.6) is 5.75 Å². The number of nitrogens with zero attached hydrogens (tertiary/aromatic N) is 3. The average molecular weight is 395 g/mol. The van der Waals surface area contributed by atoms with Crippen LogP contribution in [-0.4, -0.2) is 27.1 Å². The van der Waals surface area contributed by atoms with Crippen LogP contribution in [0, 0.1) is 5.82 Å². The Morgan fingerprint density at radius 1 is 1.30 bits per heavy atom. The normalized spacial score (nSPS) is 20.4. The molecular formula is C17H10ClF3N4O2. The predicted octanol–water partition coefficient (Wildman–Crippen LogP) is 3.44. The van der Waals surface area contributed by atoms with Crippen molar-refractivity contribution in [3.8, 4) is 5.75 Å². The van der Waals surface area contributed by atoms with Crippen LogP contribution < -0.4 is 10.1 Å². The van der Waals surface area contributed by atoms with Gasteiger partial charge in [0.1, 0.15) is 5.15 Å². The second-order valence-electron chi connectivity index (χ2n) is 6.35. The molecule has 0 radical (unpaired) electrons. The molecule has 0 unspecified atom stereocenters. The molecule has 2 bridgehead atoms. The highest BCUT2D eigenvalue weighted by molar-refractivity contribution is 6.29. The summed E-state index contributed by atoms with van der Waals surface area (Å²) in [6.45, 7) is -3.23. The van der Waals surface area contributed by atoms with Gasteiger partial charge in [-0.25, -0.2) is 13.9 Å². The summed E-state index contributed by atoms with van der Waals surface area (Å²) in [5.74, 6) is -2.68. The Morgan fingerprint density at radius 3 is 2.89 bits per heavy atom. The molecule has 10 heteroatoms. The molecule has 2 aromatic heterocycles. The smallest absolute Gasteiger partial charge is 0.387 e. The van der Waals surface area contributed by atoms with Crippen LogP contribution >= 0.6 is 11.6 Å². The summed E-state index contributed by atoms with van der Waals surface area (Å²) in [5.41, 5.74) is 1.77. The van der Waals surface area contributed by atoms with Crippen LogP contribution in [0.2, 0.25) is 5.15 Å². The molecule has 1 N–H and O–H groups in total. The fourth-order valence-corrected chi connectivity index (χ4v) is 4.09. The Balaban J connectivity index is 1.82. The molecule has 2 atom stereocenters. The summed E-state index contributed by atoms with van der Waals surface area (Å²) in [7, 11) is 0. The molecular weight excluding hydrogens is 385 g/mol. The van der Waals surface area contributed by atoms with E-state index in [4.69, 9.17) is 11.6 Å². The number of carbonyl (C=O) groups is 1. The molecule has 0 fully saturated rings. The predicted molar refractivity (Wildman–Crippen MR) is 87.7 cm³/mol. The van der Waals surface area contributed by atoms with Crippen molar-refractivity contribution in [2.75, 3.05) is 0 Å². The maximum absolute atomic E-state index is 14.4. The minimum Gasteiger partial charge on any atom is -0.431 e. The van der Waals surface area contributed by atoms with Gasteiger partial charge in [-0.3, -0.25) is 4.79 Å². The van der Waals surface area contributed by atoms with Gasteiger partial charge in [0, 0.05) is 28.8 Å². The van der Waals surface area contributed by atoms with Gasteiger partial charge < -0.3 is 10.1 Å². The third kappa shape index (κ3) is 2.31. The van der Waals surface area contributed by atoms with Crippen molar-refractivity contribution < 1.29 is 22.7 Å². The monoisotopic (exact) mass is 394 g/mol. The number of ether oxygens (including phenoxy) is 1. The van der Waals surface area contributed by atoms with E-state index in [1.54, 1.807) is 12.3 Å². The van der Waals surface area contributed by atoms with Crippen LogP contribution in [-0.2, 0) is 0 Å². The Bertz CT molecular complexity index is 1120. The molecule has 3 heterocycles. The summed E-state index contributed by atoms with van der Waals surface area (Å²) in [5, 5.41) is 7.49. The maximum atomic E-state index is 14.4. The van der Waals surface area contributed by atoms with Gasteiger partial charge in [0.15, 0.2) is 17.2 Å². The quantitative estimate of drug-likeness (QED) is 0.676. The van der Waals surface area contributed by atoms with Gasteiger partial charge in [-0.15, -0.1) is 0 Å². The first-order chi connectivity index (χ1) is 12.9. The van der Waals surface area contributed by atoms with E-state index in [0.717, 1.165) is 6.07 Å². The minimum atomic E-state index is -3.23. The first-order valence-electron chi connectivity index (χ1n) is 8.06. The number of carbonyl (C=O) groups excluding carboxylic acids is 1. The molecule has 1 amide bonds. The number of benzene rings is 1.